The predicted molar refractivity (Wildman–Crippen MR) is 99.4 cm³/mol. The van der Waals surface area contributed by atoms with Gasteiger partial charge in [0.1, 0.15) is 6.54 Å². The minimum Gasteiger partial charge on any atom is -0.504 e. The first-order valence-corrected chi connectivity index (χ1v) is 8.56. The number of aromatic hydroxyl groups is 1. The van der Waals surface area contributed by atoms with Gasteiger partial charge in [0.05, 0.1) is 25.3 Å². The number of nitrogens with zero attached hydrogens (tertiary/aromatic N) is 1. The van der Waals surface area contributed by atoms with E-state index >= 15 is 0 Å². The Balaban J connectivity index is 1.79. The summed E-state index contributed by atoms with van der Waals surface area (Å²) in [5.74, 6) is -2.71. The maximum Gasteiger partial charge on any atom is 0.333 e. The zero-order chi connectivity index (χ0) is 21.1. The summed E-state index contributed by atoms with van der Waals surface area (Å²) in [7, 11) is 2.50. The van der Waals surface area contributed by atoms with Crippen molar-refractivity contribution in [1.82, 2.24) is 10.2 Å². The predicted octanol–water partition coefficient (Wildman–Crippen LogP) is 1.03. The Kier molecular flexibility index (Phi) is 5.49. The molecule has 0 spiro atoms. The lowest BCUT2D eigenvalue weighted by molar-refractivity contribution is -0.145. The van der Waals surface area contributed by atoms with Crippen LogP contribution in [-0.4, -0.2) is 54.5 Å². The number of nitrogens with one attached hydrogen (secondary N) is 1. The van der Waals surface area contributed by atoms with Gasteiger partial charge in [-0.2, -0.15) is 0 Å². The maximum atomic E-state index is 12.5. The molecule has 0 bridgehead atoms. The van der Waals surface area contributed by atoms with Crippen molar-refractivity contribution >= 4 is 23.7 Å². The molecule has 3 amide bonds. The summed E-state index contributed by atoms with van der Waals surface area (Å²) in [4.78, 5) is 50.3. The van der Waals surface area contributed by atoms with Gasteiger partial charge in [0.15, 0.2) is 17.5 Å². The fourth-order valence-electron chi connectivity index (χ4n) is 3.00. The highest BCUT2D eigenvalue weighted by Gasteiger charge is 2.37. The molecule has 0 saturated heterocycles. The number of esters is 1. The van der Waals surface area contributed by atoms with E-state index < -0.39 is 36.3 Å². The van der Waals surface area contributed by atoms with E-state index in [1.54, 1.807) is 12.1 Å². The van der Waals surface area contributed by atoms with Crippen molar-refractivity contribution in [3.05, 3.63) is 59.2 Å². The van der Waals surface area contributed by atoms with Crippen molar-refractivity contribution in [1.29, 1.82) is 0 Å². The van der Waals surface area contributed by atoms with E-state index in [9.17, 15) is 24.3 Å². The molecule has 2 aromatic rings. The Labute approximate surface area is 165 Å². The number of phenols is 1. The lowest BCUT2D eigenvalue weighted by atomic mass is 10.1. The fourth-order valence-corrected chi connectivity index (χ4v) is 3.00. The van der Waals surface area contributed by atoms with Gasteiger partial charge < -0.3 is 19.9 Å². The summed E-state index contributed by atoms with van der Waals surface area (Å²) in [5, 5.41) is 12.2. The van der Waals surface area contributed by atoms with Gasteiger partial charge in [0.2, 0.25) is 5.91 Å². The SMILES string of the molecule is COC(=O)[C@@H](NC(=O)CN1C(=O)c2ccccc2C1=O)c1ccc(O)c(OC)c1. The number of benzene rings is 2. The number of imide groups is 1. The highest BCUT2D eigenvalue weighted by molar-refractivity contribution is 6.22. The lowest BCUT2D eigenvalue weighted by Crippen LogP contribution is -2.43. The standard InChI is InChI=1S/C20H18N2O7/c1-28-15-9-11(7-8-14(15)23)17(20(27)29-2)21-16(24)10-22-18(25)12-5-3-4-6-13(12)19(22)26/h3-9,17,23H,10H2,1-2H3,(H,21,24)/t17-/m0/s1. The molecule has 0 radical (unpaired) electrons. The van der Waals surface area contributed by atoms with Gasteiger partial charge in [-0.25, -0.2) is 4.79 Å². The first-order valence-electron chi connectivity index (χ1n) is 8.56. The van der Waals surface area contributed by atoms with Crippen molar-refractivity contribution in [2.75, 3.05) is 20.8 Å². The number of carbonyl (C=O) groups is 4. The molecule has 150 valence electrons. The molecule has 3 rings (SSSR count). The summed E-state index contributed by atoms with van der Waals surface area (Å²) in [6.45, 7) is -0.560. The van der Waals surface area contributed by atoms with Crippen LogP contribution in [0.15, 0.2) is 42.5 Å². The molecule has 2 aromatic carbocycles. The van der Waals surface area contributed by atoms with Crippen LogP contribution in [0, 0.1) is 0 Å². The van der Waals surface area contributed by atoms with Crippen molar-refractivity contribution in [2.24, 2.45) is 0 Å². The van der Waals surface area contributed by atoms with Crippen LogP contribution in [0.4, 0.5) is 0 Å². The minimum atomic E-state index is -1.22. The fraction of sp³-hybridized carbons (Fsp3) is 0.200. The normalized spacial score (nSPS) is 13.7. The molecule has 0 saturated carbocycles. The summed E-state index contributed by atoms with van der Waals surface area (Å²) >= 11 is 0. The Hall–Kier alpha value is -3.88. The third-order valence-corrected chi connectivity index (χ3v) is 4.46. The highest BCUT2D eigenvalue weighted by Crippen LogP contribution is 2.29. The van der Waals surface area contributed by atoms with Crippen LogP contribution in [0.2, 0.25) is 0 Å². The molecule has 1 aliphatic rings. The summed E-state index contributed by atoms with van der Waals surface area (Å²) in [6, 6.07) is 9.14. The summed E-state index contributed by atoms with van der Waals surface area (Å²) in [6.07, 6.45) is 0. The lowest BCUT2D eigenvalue weighted by Gasteiger charge is -2.20. The zero-order valence-corrected chi connectivity index (χ0v) is 15.7. The number of carbonyl (C=O) groups excluding carboxylic acids is 4. The maximum absolute atomic E-state index is 12.5. The number of hydrogen-bond donors (Lipinski definition) is 2. The van der Waals surface area contributed by atoms with E-state index in [0.717, 1.165) is 12.0 Å². The number of fused-ring (bicyclic) bond motifs is 1. The average Bonchev–Trinajstić information content (AvgIpc) is 2.97. The van der Waals surface area contributed by atoms with Crippen molar-refractivity contribution in [3.8, 4) is 11.5 Å². The molecule has 9 nitrogen and oxygen atoms in total. The number of methoxy groups -OCH3 is 2. The molecule has 1 heterocycles. The van der Waals surface area contributed by atoms with Crippen molar-refractivity contribution in [3.63, 3.8) is 0 Å². The van der Waals surface area contributed by atoms with E-state index in [1.807, 2.05) is 0 Å². The second-order valence-electron chi connectivity index (χ2n) is 6.20. The van der Waals surface area contributed by atoms with Crippen LogP contribution in [0.5, 0.6) is 11.5 Å². The van der Waals surface area contributed by atoms with Crippen LogP contribution in [0.25, 0.3) is 0 Å². The second kappa shape index (κ2) is 8.01. The van der Waals surface area contributed by atoms with Gasteiger partial charge in [-0.3, -0.25) is 19.3 Å². The van der Waals surface area contributed by atoms with Crippen LogP contribution in [0.1, 0.15) is 32.3 Å². The van der Waals surface area contributed by atoms with Gasteiger partial charge in [-0.15, -0.1) is 0 Å². The van der Waals surface area contributed by atoms with E-state index in [4.69, 9.17) is 9.47 Å². The summed E-state index contributed by atoms with van der Waals surface area (Å²) in [5.41, 5.74) is 0.735. The number of rotatable bonds is 6. The Morgan fingerprint density at radius 3 is 2.24 bits per heavy atom. The van der Waals surface area contributed by atoms with Crippen molar-refractivity contribution < 1.29 is 33.8 Å². The Bertz CT molecular complexity index is 967. The van der Waals surface area contributed by atoms with Crippen LogP contribution >= 0.6 is 0 Å². The molecule has 0 aromatic heterocycles. The largest absolute Gasteiger partial charge is 0.504 e. The van der Waals surface area contributed by atoms with Gasteiger partial charge in [-0.1, -0.05) is 18.2 Å². The second-order valence-corrected chi connectivity index (χ2v) is 6.20. The molecule has 29 heavy (non-hydrogen) atoms. The van der Waals surface area contributed by atoms with E-state index in [2.05, 4.69) is 5.32 Å². The molecule has 0 unspecified atom stereocenters. The third-order valence-electron chi connectivity index (χ3n) is 4.46. The molecular formula is C20H18N2O7. The van der Waals surface area contributed by atoms with E-state index in [-0.39, 0.29) is 22.6 Å². The van der Waals surface area contributed by atoms with Crippen LogP contribution in [-0.2, 0) is 14.3 Å². The van der Waals surface area contributed by atoms with Crippen LogP contribution in [0.3, 0.4) is 0 Å². The Morgan fingerprint density at radius 1 is 1.07 bits per heavy atom. The summed E-state index contributed by atoms with van der Waals surface area (Å²) < 4.78 is 9.74. The van der Waals surface area contributed by atoms with Gasteiger partial charge in [-0.05, 0) is 29.8 Å². The van der Waals surface area contributed by atoms with Crippen LogP contribution < -0.4 is 10.1 Å². The van der Waals surface area contributed by atoms with E-state index in [1.165, 1.54) is 37.4 Å². The topological polar surface area (TPSA) is 122 Å². The average molecular weight is 398 g/mol. The smallest absolute Gasteiger partial charge is 0.333 e. The van der Waals surface area contributed by atoms with E-state index in [0.29, 0.717) is 5.56 Å². The molecule has 1 aliphatic heterocycles. The number of phenolic OH excluding ortho intramolecular Hbond substituents is 1. The Morgan fingerprint density at radius 2 is 1.69 bits per heavy atom. The number of ether oxygens (including phenoxy) is 2. The quantitative estimate of drug-likeness (QED) is 0.550. The minimum absolute atomic E-state index is 0.103. The van der Waals surface area contributed by atoms with Gasteiger partial charge in [0, 0.05) is 0 Å². The third kappa shape index (κ3) is 3.75. The van der Waals surface area contributed by atoms with Gasteiger partial charge >= 0.3 is 5.97 Å². The first-order chi connectivity index (χ1) is 13.9. The molecule has 2 N–H and O–H groups in total. The number of amides is 3. The monoisotopic (exact) mass is 398 g/mol. The molecule has 1 atom stereocenters. The number of hydrogen-bond acceptors (Lipinski definition) is 7. The highest BCUT2D eigenvalue weighted by atomic mass is 16.5. The molecule has 9 heteroatoms. The van der Waals surface area contributed by atoms with Crippen molar-refractivity contribution in [2.45, 2.75) is 6.04 Å². The zero-order valence-electron chi connectivity index (χ0n) is 15.7. The first kappa shape index (κ1) is 19.9. The molecule has 0 fully saturated rings. The molecular weight excluding hydrogens is 380 g/mol. The van der Waals surface area contributed by atoms with Gasteiger partial charge in [0.25, 0.3) is 11.8 Å². The molecule has 0 aliphatic carbocycles.